The summed E-state index contributed by atoms with van der Waals surface area (Å²) in [6.07, 6.45) is 2.99. The number of sulfone groups is 1. The third kappa shape index (κ3) is 4.79. The Labute approximate surface area is 122 Å². The van der Waals surface area contributed by atoms with Gasteiger partial charge in [-0.15, -0.1) is 12.4 Å². The lowest BCUT2D eigenvalue weighted by atomic mass is 9.96. The molecular formula is C14H22ClNO2S. The van der Waals surface area contributed by atoms with Crippen LogP contribution in [0.3, 0.4) is 0 Å². The minimum absolute atomic E-state index is 0. The molecule has 19 heavy (non-hydrogen) atoms. The van der Waals surface area contributed by atoms with E-state index in [0.717, 1.165) is 37.9 Å². The molecule has 0 radical (unpaired) electrons. The minimum Gasteiger partial charge on any atom is -0.317 e. The summed E-state index contributed by atoms with van der Waals surface area (Å²) in [5.74, 6) is 0.840. The molecule has 3 nitrogen and oxygen atoms in total. The summed E-state index contributed by atoms with van der Waals surface area (Å²) < 4.78 is 24.3. The van der Waals surface area contributed by atoms with Gasteiger partial charge in [0, 0.05) is 0 Å². The van der Waals surface area contributed by atoms with Crippen molar-refractivity contribution >= 4 is 22.2 Å². The van der Waals surface area contributed by atoms with Crippen molar-refractivity contribution in [2.45, 2.75) is 31.1 Å². The molecule has 1 N–H and O–H groups in total. The Kier molecular flexibility index (Phi) is 6.30. The largest absolute Gasteiger partial charge is 0.317 e. The molecule has 1 fully saturated rings. The highest BCUT2D eigenvalue weighted by atomic mass is 35.5. The van der Waals surface area contributed by atoms with Crippen LogP contribution in [-0.2, 0) is 9.84 Å². The molecule has 5 heteroatoms. The first-order chi connectivity index (χ1) is 8.58. The maximum absolute atomic E-state index is 12.2. The number of hydrogen-bond acceptors (Lipinski definition) is 3. The van der Waals surface area contributed by atoms with Gasteiger partial charge in [0.15, 0.2) is 9.84 Å². The average Bonchev–Trinajstić information content (AvgIpc) is 2.38. The smallest absolute Gasteiger partial charge is 0.178 e. The van der Waals surface area contributed by atoms with Gasteiger partial charge in [0.25, 0.3) is 0 Å². The van der Waals surface area contributed by atoms with E-state index in [9.17, 15) is 8.42 Å². The third-order valence-electron chi connectivity index (χ3n) is 3.63. The molecule has 0 spiro atoms. The number of rotatable bonds is 4. The van der Waals surface area contributed by atoms with E-state index in [4.69, 9.17) is 0 Å². The van der Waals surface area contributed by atoms with Crippen molar-refractivity contribution in [2.75, 3.05) is 18.8 Å². The Morgan fingerprint density at radius 2 is 1.74 bits per heavy atom. The quantitative estimate of drug-likeness (QED) is 0.930. The van der Waals surface area contributed by atoms with Crippen molar-refractivity contribution in [1.82, 2.24) is 5.32 Å². The Balaban J connectivity index is 0.00000180. The van der Waals surface area contributed by atoms with Crippen molar-refractivity contribution in [2.24, 2.45) is 5.92 Å². The van der Waals surface area contributed by atoms with Crippen LogP contribution in [0.4, 0.5) is 0 Å². The molecule has 0 saturated carbocycles. The average molecular weight is 304 g/mol. The molecule has 0 unspecified atom stereocenters. The summed E-state index contributed by atoms with van der Waals surface area (Å²) in [6.45, 7) is 4.01. The Hall–Kier alpha value is -0.580. The second kappa shape index (κ2) is 7.27. The first-order valence-electron chi connectivity index (χ1n) is 6.58. The lowest BCUT2D eigenvalue weighted by molar-refractivity contribution is 0.365. The van der Waals surface area contributed by atoms with E-state index in [2.05, 4.69) is 5.32 Å². The summed E-state index contributed by atoms with van der Waals surface area (Å²) in [4.78, 5) is 0.460. The SMILES string of the molecule is Cc1ccc(S(=O)(=O)CCC2CCNCC2)cc1.Cl. The van der Waals surface area contributed by atoms with Gasteiger partial charge in [0.1, 0.15) is 0 Å². The molecule has 1 aliphatic rings. The number of piperidine rings is 1. The van der Waals surface area contributed by atoms with Gasteiger partial charge >= 0.3 is 0 Å². The summed E-state index contributed by atoms with van der Waals surface area (Å²) in [5.41, 5.74) is 1.09. The zero-order chi connectivity index (χ0) is 13.0. The number of halogens is 1. The highest BCUT2D eigenvalue weighted by Gasteiger charge is 2.19. The predicted octanol–water partition coefficient (Wildman–Crippen LogP) is 2.58. The van der Waals surface area contributed by atoms with Gasteiger partial charge in [0.05, 0.1) is 10.6 Å². The Bertz CT molecular complexity index is 479. The van der Waals surface area contributed by atoms with E-state index < -0.39 is 9.84 Å². The fraction of sp³-hybridized carbons (Fsp3) is 0.571. The van der Waals surface area contributed by atoms with Crippen LogP contribution < -0.4 is 5.32 Å². The van der Waals surface area contributed by atoms with Gasteiger partial charge in [-0.1, -0.05) is 17.7 Å². The monoisotopic (exact) mass is 303 g/mol. The molecule has 2 rings (SSSR count). The van der Waals surface area contributed by atoms with Crippen molar-refractivity contribution in [3.05, 3.63) is 29.8 Å². The van der Waals surface area contributed by atoms with E-state index in [1.165, 1.54) is 0 Å². The van der Waals surface area contributed by atoms with Crippen molar-refractivity contribution in [3.8, 4) is 0 Å². The maximum atomic E-state index is 12.2. The molecule has 0 atom stereocenters. The van der Waals surface area contributed by atoms with E-state index >= 15 is 0 Å². The number of hydrogen-bond donors (Lipinski definition) is 1. The van der Waals surface area contributed by atoms with E-state index in [1.807, 2.05) is 19.1 Å². The molecule has 1 saturated heterocycles. The molecule has 108 valence electrons. The molecule has 1 aromatic rings. The third-order valence-corrected chi connectivity index (χ3v) is 5.40. The van der Waals surface area contributed by atoms with Gasteiger partial charge in [-0.2, -0.15) is 0 Å². The van der Waals surface area contributed by atoms with Gasteiger partial charge in [-0.3, -0.25) is 0 Å². The van der Waals surface area contributed by atoms with Gasteiger partial charge in [-0.25, -0.2) is 8.42 Å². The lowest BCUT2D eigenvalue weighted by Gasteiger charge is -2.22. The van der Waals surface area contributed by atoms with Crippen LogP contribution in [0.1, 0.15) is 24.8 Å². The van der Waals surface area contributed by atoms with E-state index in [1.54, 1.807) is 12.1 Å². The molecule has 1 heterocycles. The Morgan fingerprint density at radius 3 is 2.32 bits per heavy atom. The van der Waals surface area contributed by atoms with Gasteiger partial charge < -0.3 is 5.32 Å². The van der Waals surface area contributed by atoms with Crippen LogP contribution in [-0.4, -0.2) is 27.3 Å². The van der Waals surface area contributed by atoms with Crippen LogP contribution in [0, 0.1) is 12.8 Å². The molecule has 1 aliphatic heterocycles. The standard InChI is InChI=1S/C14H21NO2S.ClH/c1-12-2-4-14(5-3-12)18(16,17)11-8-13-6-9-15-10-7-13;/h2-5,13,15H,6-11H2,1H3;1H. The maximum Gasteiger partial charge on any atom is 0.178 e. The van der Waals surface area contributed by atoms with Crippen LogP contribution in [0.25, 0.3) is 0 Å². The van der Waals surface area contributed by atoms with Crippen LogP contribution >= 0.6 is 12.4 Å². The Morgan fingerprint density at radius 1 is 1.16 bits per heavy atom. The van der Waals surface area contributed by atoms with Crippen molar-refractivity contribution in [3.63, 3.8) is 0 Å². The highest BCUT2D eigenvalue weighted by molar-refractivity contribution is 7.91. The first kappa shape index (κ1) is 16.5. The number of aryl methyl sites for hydroxylation is 1. The molecule has 0 aliphatic carbocycles. The number of benzene rings is 1. The van der Waals surface area contributed by atoms with Crippen molar-refractivity contribution in [1.29, 1.82) is 0 Å². The second-order valence-corrected chi connectivity index (χ2v) is 7.22. The molecule has 0 amide bonds. The normalized spacial score (nSPS) is 16.9. The first-order valence-corrected chi connectivity index (χ1v) is 8.23. The zero-order valence-electron chi connectivity index (χ0n) is 11.3. The molecule has 1 aromatic carbocycles. The van der Waals surface area contributed by atoms with E-state index in [0.29, 0.717) is 10.8 Å². The van der Waals surface area contributed by atoms with Crippen LogP contribution in [0.2, 0.25) is 0 Å². The summed E-state index contributed by atoms with van der Waals surface area (Å²) in [5, 5.41) is 3.30. The van der Waals surface area contributed by atoms with Crippen LogP contribution in [0.15, 0.2) is 29.2 Å². The summed E-state index contributed by atoms with van der Waals surface area (Å²) in [6, 6.07) is 7.15. The fourth-order valence-corrected chi connectivity index (χ4v) is 3.79. The van der Waals surface area contributed by atoms with Crippen LogP contribution in [0.5, 0.6) is 0 Å². The lowest BCUT2D eigenvalue weighted by Crippen LogP contribution is -2.28. The number of nitrogens with one attached hydrogen (secondary N) is 1. The molecule has 0 aromatic heterocycles. The zero-order valence-corrected chi connectivity index (χ0v) is 12.9. The topological polar surface area (TPSA) is 46.2 Å². The highest BCUT2D eigenvalue weighted by Crippen LogP contribution is 2.20. The second-order valence-electron chi connectivity index (χ2n) is 5.11. The molecule has 0 bridgehead atoms. The summed E-state index contributed by atoms with van der Waals surface area (Å²) in [7, 11) is -3.10. The fourth-order valence-electron chi connectivity index (χ4n) is 2.36. The van der Waals surface area contributed by atoms with Gasteiger partial charge in [0.2, 0.25) is 0 Å². The van der Waals surface area contributed by atoms with Crippen molar-refractivity contribution < 1.29 is 8.42 Å². The summed E-state index contributed by atoms with van der Waals surface area (Å²) >= 11 is 0. The predicted molar refractivity (Wildman–Crippen MR) is 80.7 cm³/mol. The minimum atomic E-state index is -3.10. The van der Waals surface area contributed by atoms with Gasteiger partial charge in [-0.05, 0) is 57.3 Å². The van der Waals surface area contributed by atoms with E-state index in [-0.39, 0.29) is 18.2 Å². The molecular weight excluding hydrogens is 282 g/mol.